The maximum Gasteiger partial charge on any atom is 0.123 e. The summed E-state index contributed by atoms with van der Waals surface area (Å²) >= 11 is 5.77. The van der Waals surface area contributed by atoms with E-state index in [0.717, 1.165) is 0 Å². The van der Waals surface area contributed by atoms with Crippen molar-refractivity contribution in [3.05, 3.63) is 34.6 Å². The zero-order valence-electron chi connectivity index (χ0n) is 7.30. The third-order valence-corrected chi connectivity index (χ3v) is 1.79. The van der Waals surface area contributed by atoms with Gasteiger partial charge in [-0.1, -0.05) is 11.6 Å². The molecule has 0 spiro atoms. The highest BCUT2D eigenvalue weighted by Gasteiger charge is 1.98. The van der Waals surface area contributed by atoms with Crippen molar-refractivity contribution in [3.8, 4) is 0 Å². The lowest BCUT2D eigenvalue weighted by Crippen LogP contribution is -2.13. The summed E-state index contributed by atoms with van der Waals surface area (Å²) in [5.41, 5.74) is 5.57. The number of hydrogen-bond donors (Lipinski definition) is 2. The molecule has 1 aromatic rings. The Bertz CT molecular complexity index is 376. The number of hydrogen-bond acceptors (Lipinski definition) is 2. The topological polar surface area (TPSA) is 62.2 Å². The van der Waals surface area contributed by atoms with E-state index >= 15 is 0 Å². The monoisotopic (exact) mass is 213 g/mol. The number of amidine groups is 1. The van der Waals surface area contributed by atoms with E-state index < -0.39 is 0 Å². The number of halogens is 2. The second-order valence-corrected chi connectivity index (χ2v) is 3.07. The predicted molar refractivity (Wildman–Crippen MR) is 55.8 cm³/mol. The van der Waals surface area contributed by atoms with Crippen molar-refractivity contribution >= 4 is 23.7 Å². The van der Waals surface area contributed by atoms with Crippen molar-refractivity contribution < 1.29 is 4.39 Å². The van der Waals surface area contributed by atoms with Crippen LogP contribution in [0.2, 0.25) is 5.02 Å². The lowest BCUT2D eigenvalue weighted by molar-refractivity contribution is 0.627. The molecule has 0 amide bonds. The molecule has 0 aliphatic rings. The molecule has 1 aromatic carbocycles. The number of nitrogens with two attached hydrogens (primary N) is 1. The third kappa shape index (κ3) is 3.14. The molecule has 0 heterocycles. The van der Waals surface area contributed by atoms with Crippen molar-refractivity contribution in [1.29, 1.82) is 5.41 Å². The molecule has 0 aliphatic heterocycles. The SMILES string of the molecule is N=C(N)CN=Cc1cc(F)ccc1Cl. The first-order valence-corrected chi connectivity index (χ1v) is 4.25. The van der Waals surface area contributed by atoms with Crippen LogP contribution < -0.4 is 5.73 Å². The normalized spacial score (nSPS) is 10.7. The molecule has 74 valence electrons. The second-order valence-electron chi connectivity index (χ2n) is 2.66. The van der Waals surface area contributed by atoms with Gasteiger partial charge in [0.2, 0.25) is 0 Å². The van der Waals surface area contributed by atoms with Gasteiger partial charge in [0, 0.05) is 16.8 Å². The first kappa shape index (κ1) is 10.7. The van der Waals surface area contributed by atoms with Gasteiger partial charge in [0.05, 0.1) is 6.54 Å². The van der Waals surface area contributed by atoms with E-state index in [0.29, 0.717) is 10.6 Å². The van der Waals surface area contributed by atoms with Gasteiger partial charge < -0.3 is 5.73 Å². The number of aliphatic imine (C=N–C) groups is 1. The molecule has 3 N–H and O–H groups in total. The fraction of sp³-hybridized carbons (Fsp3) is 0.111. The Morgan fingerprint density at radius 2 is 2.36 bits per heavy atom. The zero-order chi connectivity index (χ0) is 10.6. The summed E-state index contributed by atoms with van der Waals surface area (Å²) in [4.78, 5) is 3.82. The smallest absolute Gasteiger partial charge is 0.123 e. The Morgan fingerprint density at radius 1 is 1.64 bits per heavy atom. The molecule has 1 rings (SSSR count). The lowest BCUT2D eigenvalue weighted by atomic mass is 10.2. The van der Waals surface area contributed by atoms with Gasteiger partial charge in [-0.05, 0) is 18.2 Å². The molecule has 0 unspecified atom stereocenters. The molecule has 0 aliphatic carbocycles. The van der Waals surface area contributed by atoms with Crippen LogP contribution in [0.1, 0.15) is 5.56 Å². The fourth-order valence-corrected chi connectivity index (χ4v) is 1.02. The third-order valence-electron chi connectivity index (χ3n) is 1.45. The minimum Gasteiger partial charge on any atom is -0.386 e. The van der Waals surface area contributed by atoms with Crippen molar-refractivity contribution in [2.75, 3.05) is 6.54 Å². The van der Waals surface area contributed by atoms with E-state index in [1.807, 2.05) is 0 Å². The van der Waals surface area contributed by atoms with Crippen LogP contribution in [0.25, 0.3) is 0 Å². The van der Waals surface area contributed by atoms with Crippen LogP contribution in [0.5, 0.6) is 0 Å². The van der Waals surface area contributed by atoms with Gasteiger partial charge in [0.25, 0.3) is 0 Å². The molecule has 0 bridgehead atoms. The van der Waals surface area contributed by atoms with Gasteiger partial charge in [0.1, 0.15) is 11.7 Å². The van der Waals surface area contributed by atoms with E-state index in [-0.39, 0.29) is 18.2 Å². The van der Waals surface area contributed by atoms with Gasteiger partial charge in [-0.15, -0.1) is 0 Å². The molecule has 0 atom stereocenters. The maximum atomic E-state index is 12.7. The average molecular weight is 214 g/mol. The predicted octanol–water partition coefficient (Wildman–Crippen LogP) is 1.83. The maximum absolute atomic E-state index is 12.7. The van der Waals surface area contributed by atoms with Gasteiger partial charge in [-0.25, -0.2) is 4.39 Å². The summed E-state index contributed by atoms with van der Waals surface area (Å²) in [6.07, 6.45) is 1.40. The van der Waals surface area contributed by atoms with Gasteiger partial charge in [-0.2, -0.15) is 0 Å². The van der Waals surface area contributed by atoms with Gasteiger partial charge >= 0.3 is 0 Å². The Balaban J connectivity index is 2.80. The number of rotatable bonds is 3. The molecule has 3 nitrogen and oxygen atoms in total. The van der Waals surface area contributed by atoms with Crippen molar-refractivity contribution in [2.24, 2.45) is 10.7 Å². The van der Waals surface area contributed by atoms with Crippen molar-refractivity contribution in [3.63, 3.8) is 0 Å². The highest BCUT2D eigenvalue weighted by atomic mass is 35.5. The summed E-state index contributed by atoms with van der Waals surface area (Å²) in [6.45, 7) is 0.0901. The average Bonchev–Trinajstić information content (AvgIpc) is 2.10. The quantitative estimate of drug-likeness (QED) is 0.584. The minimum atomic E-state index is -0.376. The van der Waals surface area contributed by atoms with E-state index in [2.05, 4.69) is 4.99 Å². The molecule has 0 saturated carbocycles. The van der Waals surface area contributed by atoms with Crippen LogP contribution in [-0.2, 0) is 0 Å². The molecular formula is C9H9ClFN3. The summed E-state index contributed by atoms with van der Waals surface area (Å²) in [6, 6.07) is 3.99. The summed E-state index contributed by atoms with van der Waals surface area (Å²) in [7, 11) is 0. The first-order chi connectivity index (χ1) is 6.59. The largest absolute Gasteiger partial charge is 0.386 e. The fourth-order valence-electron chi connectivity index (χ4n) is 0.856. The Labute approximate surface area is 85.9 Å². The van der Waals surface area contributed by atoms with Gasteiger partial charge in [-0.3, -0.25) is 10.4 Å². The van der Waals surface area contributed by atoms with E-state index in [9.17, 15) is 4.39 Å². The molecular weight excluding hydrogens is 205 g/mol. The summed E-state index contributed by atoms with van der Waals surface area (Å²) < 4.78 is 12.7. The molecule has 5 heteroatoms. The molecule has 0 fully saturated rings. The van der Waals surface area contributed by atoms with Crippen LogP contribution in [0.4, 0.5) is 4.39 Å². The van der Waals surface area contributed by atoms with Crippen LogP contribution in [0.15, 0.2) is 23.2 Å². The standard InChI is InChI=1S/C9H9ClFN3/c10-8-2-1-7(11)3-6(8)4-14-5-9(12)13/h1-4H,5H2,(H3,12,13). The van der Waals surface area contributed by atoms with Crippen molar-refractivity contribution in [1.82, 2.24) is 0 Å². The molecule has 0 aromatic heterocycles. The van der Waals surface area contributed by atoms with Crippen LogP contribution in [-0.4, -0.2) is 18.6 Å². The second kappa shape index (κ2) is 4.72. The molecule has 0 radical (unpaired) electrons. The van der Waals surface area contributed by atoms with E-state index in [1.54, 1.807) is 0 Å². The lowest BCUT2D eigenvalue weighted by Gasteiger charge is -1.97. The minimum absolute atomic E-state index is 0.0474. The Hall–Kier alpha value is -1.42. The highest BCUT2D eigenvalue weighted by molar-refractivity contribution is 6.33. The van der Waals surface area contributed by atoms with Gasteiger partial charge in [0.15, 0.2) is 0 Å². The van der Waals surface area contributed by atoms with Crippen LogP contribution >= 0.6 is 11.6 Å². The van der Waals surface area contributed by atoms with Crippen LogP contribution in [0.3, 0.4) is 0 Å². The summed E-state index contributed by atoms with van der Waals surface area (Å²) in [5.74, 6) is -0.424. The number of benzene rings is 1. The molecule has 14 heavy (non-hydrogen) atoms. The number of nitrogens with one attached hydrogen (secondary N) is 1. The van der Waals surface area contributed by atoms with E-state index in [4.69, 9.17) is 22.7 Å². The first-order valence-electron chi connectivity index (χ1n) is 3.87. The van der Waals surface area contributed by atoms with Crippen LogP contribution in [0, 0.1) is 11.2 Å². The number of nitrogens with zero attached hydrogens (tertiary/aromatic N) is 1. The Kier molecular flexibility index (Phi) is 3.59. The summed E-state index contributed by atoms with van der Waals surface area (Å²) in [5, 5.41) is 7.33. The highest BCUT2D eigenvalue weighted by Crippen LogP contribution is 2.14. The Morgan fingerprint density at radius 3 is 3.00 bits per heavy atom. The van der Waals surface area contributed by atoms with E-state index in [1.165, 1.54) is 24.4 Å². The zero-order valence-corrected chi connectivity index (χ0v) is 8.05. The van der Waals surface area contributed by atoms with Crippen molar-refractivity contribution in [2.45, 2.75) is 0 Å². The molecule has 0 saturated heterocycles.